The van der Waals surface area contributed by atoms with Crippen LogP contribution in [0, 0.1) is 19.8 Å². The summed E-state index contributed by atoms with van der Waals surface area (Å²) in [6.45, 7) is 15.9. The number of rotatable bonds is 9. The first-order chi connectivity index (χ1) is 11.7. The van der Waals surface area contributed by atoms with Crippen LogP contribution in [0.25, 0.3) is 0 Å². The first kappa shape index (κ1) is 21.2. The molecule has 0 radical (unpaired) electrons. The van der Waals surface area contributed by atoms with Gasteiger partial charge in [0.1, 0.15) is 6.04 Å². The predicted molar refractivity (Wildman–Crippen MR) is 103 cm³/mol. The predicted octanol–water partition coefficient (Wildman–Crippen LogP) is 2.60. The first-order valence-electron chi connectivity index (χ1n) is 8.23. The molecule has 0 fully saturated rings. The van der Waals surface area contributed by atoms with Crippen LogP contribution in [0.1, 0.15) is 25.2 Å². The highest BCUT2D eigenvalue weighted by Crippen LogP contribution is 2.20. The van der Waals surface area contributed by atoms with Crippen molar-refractivity contribution in [2.24, 2.45) is 5.92 Å². The van der Waals surface area contributed by atoms with Gasteiger partial charge in [0, 0.05) is 18.8 Å². The van der Waals surface area contributed by atoms with Crippen LogP contribution in [0.5, 0.6) is 0 Å². The van der Waals surface area contributed by atoms with E-state index in [0.29, 0.717) is 19.6 Å². The van der Waals surface area contributed by atoms with E-state index in [1.165, 1.54) is 0 Å². The van der Waals surface area contributed by atoms with Crippen LogP contribution >= 0.6 is 15.9 Å². The number of halogens is 1. The molecule has 1 rings (SSSR count). The third kappa shape index (κ3) is 5.56. The van der Waals surface area contributed by atoms with E-state index in [-0.39, 0.29) is 17.7 Å². The monoisotopic (exact) mass is 410 g/mol. The maximum absolute atomic E-state index is 12.4. The number of aryl methyl sites for hydroxylation is 1. The van der Waals surface area contributed by atoms with Crippen molar-refractivity contribution in [3.05, 3.63) is 41.2 Å². The van der Waals surface area contributed by atoms with Gasteiger partial charge in [0.05, 0.1) is 22.6 Å². The number of hydrogen-bond donors (Lipinski definition) is 1. The minimum atomic E-state index is -0.609. The molecule has 2 unspecified atom stereocenters. The fourth-order valence-corrected chi connectivity index (χ4v) is 2.74. The molecule has 0 bridgehead atoms. The second-order valence-corrected chi connectivity index (χ2v) is 6.91. The quantitative estimate of drug-likeness (QED) is 0.636. The highest BCUT2D eigenvalue weighted by molar-refractivity contribution is 9.10. The molecule has 1 N–H and O–H groups in total. The summed E-state index contributed by atoms with van der Waals surface area (Å²) in [6.07, 6.45) is 3.30. The van der Waals surface area contributed by atoms with E-state index in [9.17, 15) is 9.59 Å². The maximum Gasteiger partial charge on any atom is 0.245 e. The lowest BCUT2D eigenvalue weighted by atomic mass is 10.1. The van der Waals surface area contributed by atoms with E-state index < -0.39 is 6.04 Å². The Morgan fingerprint density at radius 1 is 1.28 bits per heavy atom. The minimum absolute atomic E-state index is 0.158. The lowest BCUT2D eigenvalue weighted by Gasteiger charge is -2.25. The molecule has 25 heavy (non-hydrogen) atoms. The Balaban J connectivity index is 2.69. The van der Waals surface area contributed by atoms with Gasteiger partial charge in [-0.25, -0.2) is 0 Å². The number of hydrogen-bond acceptors (Lipinski definition) is 3. The molecule has 0 aliphatic rings. The maximum atomic E-state index is 12.4. The van der Waals surface area contributed by atoms with Gasteiger partial charge < -0.3 is 10.2 Å². The Labute approximate surface area is 158 Å². The summed E-state index contributed by atoms with van der Waals surface area (Å²) >= 11 is 3.48. The average Bonchev–Trinajstić information content (AvgIpc) is 2.80. The average molecular weight is 411 g/mol. The molecule has 0 aliphatic heterocycles. The second-order valence-electron chi connectivity index (χ2n) is 6.12. The number of carbonyl (C=O) groups is 2. The van der Waals surface area contributed by atoms with Crippen molar-refractivity contribution >= 4 is 27.7 Å². The van der Waals surface area contributed by atoms with Gasteiger partial charge in [-0.05, 0) is 36.7 Å². The van der Waals surface area contributed by atoms with Gasteiger partial charge in [-0.2, -0.15) is 5.10 Å². The smallest absolute Gasteiger partial charge is 0.245 e. The molecule has 2 atom stereocenters. The first-order valence-corrected chi connectivity index (χ1v) is 9.02. The zero-order valence-electron chi connectivity index (χ0n) is 15.4. The van der Waals surface area contributed by atoms with E-state index in [2.05, 4.69) is 39.5 Å². The molecule has 0 aliphatic carbocycles. The normalized spacial score (nSPS) is 13.0. The topological polar surface area (TPSA) is 67.2 Å². The van der Waals surface area contributed by atoms with Crippen LogP contribution < -0.4 is 5.32 Å². The summed E-state index contributed by atoms with van der Waals surface area (Å²) < 4.78 is 2.76. The van der Waals surface area contributed by atoms with Crippen molar-refractivity contribution in [1.29, 1.82) is 0 Å². The lowest BCUT2D eigenvalue weighted by molar-refractivity contribution is -0.136. The zero-order chi connectivity index (χ0) is 19.1. The van der Waals surface area contributed by atoms with Crippen molar-refractivity contribution in [3.63, 3.8) is 0 Å². The van der Waals surface area contributed by atoms with Crippen LogP contribution in [0.2, 0.25) is 0 Å². The van der Waals surface area contributed by atoms with E-state index in [1.54, 1.807) is 28.7 Å². The van der Waals surface area contributed by atoms with Crippen molar-refractivity contribution in [2.45, 2.75) is 40.3 Å². The van der Waals surface area contributed by atoms with Gasteiger partial charge in [-0.1, -0.05) is 19.1 Å². The molecule has 0 saturated carbocycles. The van der Waals surface area contributed by atoms with E-state index >= 15 is 0 Å². The Kier molecular flexibility index (Phi) is 8.09. The Morgan fingerprint density at radius 2 is 1.84 bits per heavy atom. The molecular formula is C18H27BrN4O2. The van der Waals surface area contributed by atoms with E-state index in [0.717, 1.165) is 15.9 Å². The number of nitrogens with zero attached hydrogens (tertiary/aromatic N) is 3. The Bertz CT molecular complexity index is 644. The standard InChI is InChI=1S/C18H27BrN4O2/c1-7-9-22(10-8-2)18(25)14(5)20-17(24)12(3)11-23-15(6)16(19)13(4)21-23/h7-8,12,14H,1-2,9-11H2,3-6H3,(H,20,24). The highest BCUT2D eigenvalue weighted by atomic mass is 79.9. The van der Waals surface area contributed by atoms with Gasteiger partial charge in [0.2, 0.25) is 11.8 Å². The van der Waals surface area contributed by atoms with Crippen molar-refractivity contribution in [3.8, 4) is 0 Å². The van der Waals surface area contributed by atoms with Crippen molar-refractivity contribution in [1.82, 2.24) is 20.0 Å². The summed E-state index contributed by atoms with van der Waals surface area (Å²) in [7, 11) is 0. The number of carbonyl (C=O) groups excluding carboxylic acids is 2. The molecule has 138 valence electrons. The largest absolute Gasteiger partial charge is 0.344 e. The molecule has 1 heterocycles. The molecule has 1 aromatic heterocycles. The van der Waals surface area contributed by atoms with Crippen molar-refractivity contribution in [2.75, 3.05) is 13.1 Å². The molecule has 0 saturated heterocycles. The molecule has 2 amide bonds. The summed E-state index contributed by atoms with van der Waals surface area (Å²) in [5, 5.41) is 7.20. The Hall–Kier alpha value is -1.89. The minimum Gasteiger partial charge on any atom is -0.344 e. The molecule has 7 heteroatoms. The zero-order valence-corrected chi connectivity index (χ0v) is 17.0. The molecule has 0 aromatic carbocycles. The second kappa shape index (κ2) is 9.56. The van der Waals surface area contributed by atoms with Crippen LogP contribution in [0.15, 0.2) is 29.8 Å². The van der Waals surface area contributed by atoms with Crippen LogP contribution in [-0.2, 0) is 16.1 Å². The van der Waals surface area contributed by atoms with E-state index in [4.69, 9.17) is 0 Å². The van der Waals surface area contributed by atoms with Crippen LogP contribution in [-0.4, -0.2) is 45.6 Å². The number of aromatic nitrogens is 2. The molecule has 0 spiro atoms. The number of nitrogens with one attached hydrogen (secondary N) is 1. The third-order valence-corrected chi connectivity index (χ3v) is 5.08. The van der Waals surface area contributed by atoms with Crippen molar-refractivity contribution < 1.29 is 9.59 Å². The van der Waals surface area contributed by atoms with E-state index in [1.807, 2.05) is 20.8 Å². The summed E-state index contributed by atoms with van der Waals surface area (Å²) in [4.78, 5) is 26.5. The number of amides is 2. The van der Waals surface area contributed by atoms with Crippen LogP contribution in [0.3, 0.4) is 0 Å². The SMILES string of the molecule is C=CCN(CC=C)C(=O)C(C)NC(=O)C(C)Cn1nc(C)c(Br)c1C. The third-order valence-electron chi connectivity index (χ3n) is 3.93. The molecule has 6 nitrogen and oxygen atoms in total. The van der Waals surface area contributed by atoms with Gasteiger partial charge in [-0.3, -0.25) is 14.3 Å². The summed E-state index contributed by atoms with van der Waals surface area (Å²) in [5.41, 5.74) is 1.86. The molecule has 1 aromatic rings. The highest BCUT2D eigenvalue weighted by Gasteiger charge is 2.24. The summed E-state index contributed by atoms with van der Waals surface area (Å²) in [5.74, 6) is -0.650. The lowest BCUT2D eigenvalue weighted by Crippen LogP contribution is -2.48. The fourth-order valence-electron chi connectivity index (χ4n) is 2.45. The molecular weight excluding hydrogens is 384 g/mol. The van der Waals surface area contributed by atoms with Gasteiger partial charge in [0.15, 0.2) is 0 Å². The Morgan fingerprint density at radius 3 is 2.28 bits per heavy atom. The van der Waals surface area contributed by atoms with Gasteiger partial charge >= 0.3 is 0 Å². The van der Waals surface area contributed by atoms with Gasteiger partial charge in [-0.15, -0.1) is 13.2 Å². The fraction of sp³-hybridized carbons (Fsp3) is 0.500. The van der Waals surface area contributed by atoms with Crippen LogP contribution in [0.4, 0.5) is 0 Å². The summed E-state index contributed by atoms with van der Waals surface area (Å²) in [6, 6.07) is -0.609. The van der Waals surface area contributed by atoms with Gasteiger partial charge in [0.25, 0.3) is 0 Å².